The molecule has 2 nitrogen and oxygen atoms in total. The average molecular weight is 303 g/mol. The minimum atomic E-state index is -4.39. The summed E-state index contributed by atoms with van der Waals surface area (Å²) in [7, 11) is 0. The molecule has 0 aliphatic carbocycles. The van der Waals surface area contributed by atoms with Crippen LogP contribution in [-0.4, -0.2) is 5.91 Å². The molecule has 0 aromatic heterocycles. The van der Waals surface area contributed by atoms with Gasteiger partial charge in [-0.1, -0.05) is 18.1 Å². The molecule has 112 valence electrons. The van der Waals surface area contributed by atoms with E-state index in [-0.39, 0.29) is 12.3 Å². The van der Waals surface area contributed by atoms with E-state index in [1.165, 1.54) is 12.1 Å². The van der Waals surface area contributed by atoms with E-state index in [9.17, 15) is 18.0 Å². The summed E-state index contributed by atoms with van der Waals surface area (Å²) in [6.07, 6.45) is 0.983. The van der Waals surface area contributed by atoms with Crippen LogP contribution in [0, 0.1) is 12.3 Å². The van der Waals surface area contributed by atoms with Crippen LogP contribution in [0.3, 0.4) is 0 Å². The maximum atomic E-state index is 12.4. The number of carbonyl (C=O) groups is 1. The quantitative estimate of drug-likeness (QED) is 0.857. The minimum absolute atomic E-state index is 0.0938. The molecular formula is C17H12F3NO. The van der Waals surface area contributed by atoms with Gasteiger partial charge in [-0.15, -0.1) is 6.42 Å². The van der Waals surface area contributed by atoms with Gasteiger partial charge in [0.1, 0.15) is 0 Å². The van der Waals surface area contributed by atoms with Crippen molar-refractivity contribution in [1.29, 1.82) is 0 Å². The smallest absolute Gasteiger partial charge is 0.326 e. The monoisotopic (exact) mass is 303 g/mol. The van der Waals surface area contributed by atoms with Gasteiger partial charge in [-0.3, -0.25) is 4.79 Å². The molecule has 0 spiro atoms. The van der Waals surface area contributed by atoms with E-state index in [4.69, 9.17) is 6.42 Å². The van der Waals surface area contributed by atoms with Crippen molar-refractivity contribution in [3.8, 4) is 12.3 Å². The van der Waals surface area contributed by atoms with Crippen LogP contribution < -0.4 is 5.32 Å². The number of amides is 1. The van der Waals surface area contributed by atoms with E-state index >= 15 is 0 Å². The third-order valence-electron chi connectivity index (χ3n) is 2.95. The molecule has 2 rings (SSSR count). The van der Waals surface area contributed by atoms with E-state index < -0.39 is 11.7 Å². The Balaban J connectivity index is 2.01. The summed E-state index contributed by atoms with van der Waals surface area (Å²) in [5, 5.41) is 2.55. The van der Waals surface area contributed by atoms with Crippen molar-refractivity contribution < 1.29 is 18.0 Å². The van der Waals surface area contributed by atoms with E-state index in [2.05, 4.69) is 11.2 Å². The van der Waals surface area contributed by atoms with Crippen LogP contribution >= 0.6 is 0 Å². The van der Waals surface area contributed by atoms with Crippen molar-refractivity contribution in [2.45, 2.75) is 12.6 Å². The molecule has 2 aromatic carbocycles. The van der Waals surface area contributed by atoms with Crippen molar-refractivity contribution in [1.82, 2.24) is 0 Å². The Labute approximate surface area is 126 Å². The van der Waals surface area contributed by atoms with Gasteiger partial charge in [-0.2, -0.15) is 13.2 Å². The van der Waals surface area contributed by atoms with Crippen molar-refractivity contribution in [3.63, 3.8) is 0 Å². The molecule has 1 amide bonds. The standard InChI is InChI=1S/C17H12F3NO/c1-2-12-4-3-5-13(10-12)11-16(22)21-15-8-6-14(7-9-15)17(18,19)20/h1,3-10H,11H2,(H,21,22). The van der Waals surface area contributed by atoms with Gasteiger partial charge in [0.2, 0.25) is 5.91 Å². The second-order valence-electron chi connectivity index (χ2n) is 4.64. The number of rotatable bonds is 3. The average Bonchev–Trinajstić information content (AvgIpc) is 2.47. The Kier molecular flexibility index (Phi) is 4.52. The fourth-order valence-electron chi connectivity index (χ4n) is 1.90. The highest BCUT2D eigenvalue weighted by Gasteiger charge is 2.29. The van der Waals surface area contributed by atoms with Gasteiger partial charge in [-0.25, -0.2) is 0 Å². The fraction of sp³-hybridized carbons (Fsp3) is 0.118. The third-order valence-corrected chi connectivity index (χ3v) is 2.95. The Morgan fingerprint density at radius 1 is 1.14 bits per heavy atom. The van der Waals surface area contributed by atoms with Gasteiger partial charge in [0.05, 0.1) is 12.0 Å². The molecule has 0 radical (unpaired) electrons. The highest BCUT2D eigenvalue weighted by molar-refractivity contribution is 5.92. The Morgan fingerprint density at radius 2 is 1.82 bits per heavy atom. The lowest BCUT2D eigenvalue weighted by Crippen LogP contribution is -2.14. The highest BCUT2D eigenvalue weighted by atomic mass is 19.4. The van der Waals surface area contributed by atoms with E-state index in [0.717, 1.165) is 17.7 Å². The lowest BCUT2D eigenvalue weighted by molar-refractivity contribution is -0.137. The third kappa shape index (κ3) is 4.13. The van der Waals surface area contributed by atoms with Gasteiger partial charge in [0.25, 0.3) is 0 Å². The summed E-state index contributed by atoms with van der Waals surface area (Å²) >= 11 is 0. The van der Waals surface area contributed by atoms with E-state index in [1.807, 2.05) is 0 Å². The number of halogens is 3. The van der Waals surface area contributed by atoms with Crippen molar-refractivity contribution in [3.05, 3.63) is 65.2 Å². The first kappa shape index (κ1) is 15.6. The second-order valence-corrected chi connectivity index (χ2v) is 4.64. The first-order valence-corrected chi connectivity index (χ1v) is 6.41. The zero-order valence-electron chi connectivity index (χ0n) is 11.4. The molecular weight excluding hydrogens is 291 g/mol. The number of carbonyl (C=O) groups excluding carboxylic acids is 1. The van der Waals surface area contributed by atoms with Crippen LogP contribution in [0.4, 0.5) is 18.9 Å². The summed E-state index contributed by atoms with van der Waals surface area (Å²) in [5.74, 6) is 2.15. The minimum Gasteiger partial charge on any atom is -0.326 e. The van der Waals surface area contributed by atoms with Gasteiger partial charge in [0.15, 0.2) is 0 Å². The zero-order chi connectivity index (χ0) is 16.2. The molecule has 0 aliphatic heterocycles. The van der Waals surface area contributed by atoms with Gasteiger partial charge >= 0.3 is 6.18 Å². The second kappa shape index (κ2) is 6.35. The topological polar surface area (TPSA) is 29.1 Å². The molecule has 0 bridgehead atoms. The molecule has 0 heterocycles. The number of hydrogen-bond acceptors (Lipinski definition) is 1. The molecule has 1 N–H and O–H groups in total. The first-order valence-electron chi connectivity index (χ1n) is 6.41. The SMILES string of the molecule is C#Cc1cccc(CC(=O)Nc2ccc(C(F)(F)F)cc2)c1. The Hall–Kier alpha value is -2.74. The van der Waals surface area contributed by atoms with Crippen LogP contribution in [0.1, 0.15) is 16.7 Å². The maximum Gasteiger partial charge on any atom is 0.416 e. The molecule has 0 unspecified atom stereocenters. The molecule has 5 heteroatoms. The number of hydrogen-bond donors (Lipinski definition) is 1. The number of nitrogens with one attached hydrogen (secondary N) is 1. The van der Waals surface area contributed by atoms with Crippen LogP contribution in [0.5, 0.6) is 0 Å². The molecule has 22 heavy (non-hydrogen) atoms. The summed E-state index contributed by atoms with van der Waals surface area (Å²) in [6.45, 7) is 0. The van der Waals surface area contributed by atoms with Crippen LogP contribution in [0.15, 0.2) is 48.5 Å². The fourth-order valence-corrected chi connectivity index (χ4v) is 1.90. The van der Waals surface area contributed by atoms with Crippen LogP contribution in [0.25, 0.3) is 0 Å². The molecule has 2 aromatic rings. The number of anilines is 1. The molecule has 0 fully saturated rings. The highest BCUT2D eigenvalue weighted by Crippen LogP contribution is 2.29. The first-order chi connectivity index (χ1) is 10.4. The predicted molar refractivity (Wildman–Crippen MR) is 78.2 cm³/mol. The van der Waals surface area contributed by atoms with E-state index in [1.54, 1.807) is 24.3 Å². The van der Waals surface area contributed by atoms with Crippen LogP contribution in [0.2, 0.25) is 0 Å². The summed E-state index contributed by atoms with van der Waals surface area (Å²) < 4.78 is 37.3. The summed E-state index contributed by atoms with van der Waals surface area (Å²) in [4.78, 5) is 11.9. The molecule has 0 saturated heterocycles. The van der Waals surface area contributed by atoms with Gasteiger partial charge in [-0.05, 0) is 42.0 Å². The molecule has 0 saturated carbocycles. The number of benzene rings is 2. The van der Waals surface area contributed by atoms with Crippen molar-refractivity contribution in [2.75, 3.05) is 5.32 Å². The van der Waals surface area contributed by atoms with E-state index in [0.29, 0.717) is 11.3 Å². The van der Waals surface area contributed by atoms with Gasteiger partial charge < -0.3 is 5.32 Å². The molecule has 0 aliphatic rings. The Bertz CT molecular complexity index is 712. The lowest BCUT2D eigenvalue weighted by atomic mass is 10.1. The number of terminal acetylenes is 1. The van der Waals surface area contributed by atoms with Crippen molar-refractivity contribution >= 4 is 11.6 Å². The normalized spacial score (nSPS) is 10.8. The summed E-state index contributed by atoms with van der Waals surface area (Å²) in [6, 6.07) is 11.3. The molecule has 0 atom stereocenters. The zero-order valence-corrected chi connectivity index (χ0v) is 11.4. The maximum absolute atomic E-state index is 12.4. The summed E-state index contributed by atoms with van der Waals surface area (Å²) in [5.41, 5.74) is 0.956. The number of alkyl halides is 3. The Morgan fingerprint density at radius 3 is 2.41 bits per heavy atom. The largest absolute Gasteiger partial charge is 0.416 e. The van der Waals surface area contributed by atoms with Gasteiger partial charge in [0, 0.05) is 11.3 Å². The predicted octanol–water partition coefficient (Wildman–Crippen LogP) is 3.87. The van der Waals surface area contributed by atoms with Crippen molar-refractivity contribution in [2.24, 2.45) is 0 Å². The van der Waals surface area contributed by atoms with Crippen LogP contribution in [-0.2, 0) is 17.4 Å². The lowest BCUT2D eigenvalue weighted by Gasteiger charge is -2.09.